The number of amides is 1. The summed E-state index contributed by atoms with van der Waals surface area (Å²) in [5.74, 6) is 0.0850. The summed E-state index contributed by atoms with van der Waals surface area (Å²) in [6, 6.07) is 5.20. The van der Waals surface area contributed by atoms with Crippen LogP contribution < -0.4 is 5.32 Å². The molecular formula is C13H19NO3. The molecule has 4 heteroatoms. The van der Waals surface area contributed by atoms with E-state index >= 15 is 0 Å². The van der Waals surface area contributed by atoms with Gasteiger partial charge in [0.05, 0.1) is 5.69 Å². The Morgan fingerprint density at radius 2 is 2.18 bits per heavy atom. The fourth-order valence-corrected chi connectivity index (χ4v) is 1.86. The van der Waals surface area contributed by atoms with E-state index in [1.165, 1.54) is 6.92 Å². The van der Waals surface area contributed by atoms with Crippen LogP contribution in [0.5, 0.6) is 5.75 Å². The van der Waals surface area contributed by atoms with E-state index in [4.69, 9.17) is 5.11 Å². The summed E-state index contributed by atoms with van der Waals surface area (Å²) in [6.45, 7) is 3.57. The van der Waals surface area contributed by atoms with Gasteiger partial charge in [-0.05, 0) is 36.5 Å². The summed E-state index contributed by atoms with van der Waals surface area (Å²) in [7, 11) is 0. The fraction of sp³-hybridized carbons (Fsp3) is 0.462. The molecule has 0 aromatic heterocycles. The number of carbonyl (C=O) groups is 1. The highest BCUT2D eigenvalue weighted by Gasteiger charge is 2.11. The number of carbonyl (C=O) groups excluding carboxylic acids is 1. The van der Waals surface area contributed by atoms with Crippen molar-refractivity contribution in [2.24, 2.45) is 0 Å². The molecule has 0 aliphatic carbocycles. The summed E-state index contributed by atoms with van der Waals surface area (Å²) in [4.78, 5) is 10.9. The van der Waals surface area contributed by atoms with Crippen LogP contribution in [0.25, 0.3) is 0 Å². The first-order valence-electron chi connectivity index (χ1n) is 5.79. The standard InChI is InChI=1S/C13H19NO3/c1-3-10(6-7-15)11-4-5-12(13(17)8-11)14-9(2)16/h4-5,8,10,15,17H,3,6-7H2,1-2H3,(H,14,16). The van der Waals surface area contributed by atoms with Gasteiger partial charge in [-0.25, -0.2) is 0 Å². The van der Waals surface area contributed by atoms with Gasteiger partial charge in [-0.1, -0.05) is 13.0 Å². The Hall–Kier alpha value is -1.55. The van der Waals surface area contributed by atoms with Crippen LogP contribution in [-0.2, 0) is 4.79 Å². The Kier molecular flexibility index (Phi) is 4.97. The molecule has 1 rings (SSSR count). The number of aliphatic hydroxyl groups is 1. The molecule has 17 heavy (non-hydrogen) atoms. The van der Waals surface area contributed by atoms with E-state index in [9.17, 15) is 9.90 Å². The first-order chi connectivity index (χ1) is 8.08. The molecule has 1 atom stereocenters. The monoisotopic (exact) mass is 237 g/mol. The molecule has 0 spiro atoms. The molecule has 1 unspecified atom stereocenters. The van der Waals surface area contributed by atoms with Crippen LogP contribution in [0, 0.1) is 0 Å². The molecular weight excluding hydrogens is 218 g/mol. The largest absolute Gasteiger partial charge is 0.506 e. The van der Waals surface area contributed by atoms with Crippen LogP contribution in [-0.4, -0.2) is 22.7 Å². The van der Waals surface area contributed by atoms with Crippen molar-refractivity contribution in [3.63, 3.8) is 0 Å². The van der Waals surface area contributed by atoms with Crippen molar-refractivity contribution in [3.8, 4) is 5.75 Å². The number of phenolic OH excluding ortho intramolecular Hbond substituents is 1. The van der Waals surface area contributed by atoms with Crippen LogP contribution in [0.1, 0.15) is 38.2 Å². The van der Waals surface area contributed by atoms with Gasteiger partial charge in [0.15, 0.2) is 0 Å². The molecule has 0 saturated heterocycles. The van der Waals surface area contributed by atoms with Crippen LogP contribution in [0.2, 0.25) is 0 Å². The normalized spacial score (nSPS) is 12.2. The highest BCUT2D eigenvalue weighted by molar-refractivity contribution is 5.90. The minimum Gasteiger partial charge on any atom is -0.506 e. The molecule has 0 fully saturated rings. The van der Waals surface area contributed by atoms with Crippen molar-refractivity contribution in [1.29, 1.82) is 0 Å². The third kappa shape index (κ3) is 3.75. The van der Waals surface area contributed by atoms with Crippen molar-refractivity contribution in [3.05, 3.63) is 23.8 Å². The van der Waals surface area contributed by atoms with Gasteiger partial charge < -0.3 is 15.5 Å². The Morgan fingerprint density at radius 3 is 2.65 bits per heavy atom. The number of rotatable bonds is 5. The third-order valence-corrected chi connectivity index (χ3v) is 2.77. The summed E-state index contributed by atoms with van der Waals surface area (Å²) in [5, 5.41) is 21.3. The number of phenols is 1. The van der Waals surface area contributed by atoms with E-state index < -0.39 is 0 Å². The topological polar surface area (TPSA) is 69.6 Å². The van der Waals surface area contributed by atoms with Gasteiger partial charge in [-0.3, -0.25) is 4.79 Å². The number of aromatic hydroxyl groups is 1. The van der Waals surface area contributed by atoms with E-state index in [0.29, 0.717) is 12.1 Å². The molecule has 0 bridgehead atoms. The van der Waals surface area contributed by atoms with Crippen LogP contribution in [0.4, 0.5) is 5.69 Å². The maximum absolute atomic E-state index is 10.9. The molecule has 0 radical (unpaired) electrons. The Bertz CT molecular complexity index is 390. The van der Waals surface area contributed by atoms with Gasteiger partial charge in [0.1, 0.15) is 5.75 Å². The molecule has 1 amide bonds. The van der Waals surface area contributed by atoms with Gasteiger partial charge in [0, 0.05) is 13.5 Å². The number of hydrogen-bond donors (Lipinski definition) is 3. The summed E-state index contributed by atoms with van der Waals surface area (Å²) in [6.07, 6.45) is 1.58. The lowest BCUT2D eigenvalue weighted by Gasteiger charge is -2.15. The summed E-state index contributed by atoms with van der Waals surface area (Å²) < 4.78 is 0. The lowest BCUT2D eigenvalue weighted by atomic mass is 9.93. The van der Waals surface area contributed by atoms with E-state index in [-0.39, 0.29) is 24.2 Å². The minimum atomic E-state index is -0.213. The Morgan fingerprint density at radius 1 is 1.47 bits per heavy atom. The zero-order valence-electron chi connectivity index (χ0n) is 10.2. The zero-order chi connectivity index (χ0) is 12.8. The minimum absolute atomic E-state index is 0.0640. The molecule has 4 nitrogen and oxygen atoms in total. The number of nitrogens with one attached hydrogen (secondary N) is 1. The first kappa shape index (κ1) is 13.5. The molecule has 0 saturated carbocycles. The molecule has 1 aromatic rings. The highest BCUT2D eigenvalue weighted by Crippen LogP contribution is 2.30. The van der Waals surface area contributed by atoms with E-state index in [2.05, 4.69) is 5.32 Å². The maximum Gasteiger partial charge on any atom is 0.221 e. The lowest BCUT2D eigenvalue weighted by molar-refractivity contribution is -0.114. The molecule has 1 aromatic carbocycles. The predicted octanol–water partition coefficient (Wildman–Crippen LogP) is 2.23. The van der Waals surface area contributed by atoms with Crippen LogP contribution >= 0.6 is 0 Å². The molecule has 3 N–H and O–H groups in total. The zero-order valence-corrected chi connectivity index (χ0v) is 10.2. The summed E-state index contributed by atoms with van der Waals surface area (Å²) in [5.41, 5.74) is 1.40. The average Bonchev–Trinajstić information content (AvgIpc) is 2.28. The van der Waals surface area contributed by atoms with Gasteiger partial charge in [-0.2, -0.15) is 0 Å². The first-order valence-corrected chi connectivity index (χ1v) is 5.79. The SMILES string of the molecule is CCC(CCO)c1ccc(NC(C)=O)c(O)c1. The van der Waals surface area contributed by atoms with Crippen LogP contribution in [0.15, 0.2) is 18.2 Å². The van der Waals surface area contributed by atoms with Crippen molar-refractivity contribution >= 4 is 11.6 Å². The second-order valence-corrected chi connectivity index (χ2v) is 4.08. The maximum atomic E-state index is 10.9. The van der Waals surface area contributed by atoms with Gasteiger partial charge in [0.2, 0.25) is 5.91 Å². The highest BCUT2D eigenvalue weighted by atomic mass is 16.3. The second kappa shape index (κ2) is 6.25. The Labute approximate surface area is 101 Å². The Balaban J connectivity index is 2.90. The van der Waals surface area contributed by atoms with Gasteiger partial charge >= 0.3 is 0 Å². The quantitative estimate of drug-likeness (QED) is 0.688. The van der Waals surface area contributed by atoms with Crippen molar-refractivity contribution in [2.75, 3.05) is 11.9 Å². The number of anilines is 1. The van der Waals surface area contributed by atoms with E-state index in [1.54, 1.807) is 12.1 Å². The van der Waals surface area contributed by atoms with Crippen molar-refractivity contribution in [1.82, 2.24) is 0 Å². The van der Waals surface area contributed by atoms with Gasteiger partial charge in [-0.15, -0.1) is 0 Å². The molecule has 0 aliphatic heterocycles. The summed E-state index contributed by atoms with van der Waals surface area (Å²) >= 11 is 0. The predicted molar refractivity (Wildman–Crippen MR) is 67.1 cm³/mol. The van der Waals surface area contributed by atoms with E-state index in [0.717, 1.165) is 12.0 Å². The van der Waals surface area contributed by atoms with Crippen LogP contribution in [0.3, 0.4) is 0 Å². The number of hydrogen-bond acceptors (Lipinski definition) is 3. The number of aliphatic hydroxyl groups excluding tert-OH is 1. The average molecular weight is 237 g/mol. The van der Waals surface area contributed by atoms with E-state index in [1.807, 2.05) is 13.0 Å². The molecule has 0 heterocycles. The molecule has 94 valence electrons. The smallest absolute Gasteiger partial charge is 0.221 e. The molecule has 0 aliphatic rings. The lowest BCUT2D eigenvalue weighted by Crippen LogP contribution is -2.06. The van der Waals surface area contributed by atoms with Gasteiger partial charge in [0.25, 0.3) is 0 Å². The van der Waals surface area contributed by atoms with Crippen molar-refractivity contribution < 1.29 is 15.0 Å². The number of benzene rings is 1. The van der Waals surface area contributed by atoms with Crippen molar-refractivity contribution in [2.45, 2.75) is 32.6 Å². The fourth-order valence-electron chi connectivity index (χ4n) is 1.86. The second-order valence-electron chi connectivity index (χ2n) is 4.08. The third-order valence-electron chi connectivity index (χ3n) is 2.77.